The molecule has 10 heteroatoms. The van der Waals surface area contributed by atoms with E-state index in [4.69, 9.17) is 23.6 Å². The third-order valence-corrected chi connectivity index (χ3v) is 8.15. The van der Waals surface area contributed by atoms with Gasteiger partial charge in [-0.05, 0) is 38.5 Å². The summed E-state index contributed by atoms with van der Waals surface area (Å²) in [5, 5.41) is 18.2. The van der Waals surface area contributed by atoms with Gasteiger partial charge >= 0.3 is 13.8 Å². The molecule has 3 unspecified atom stereocenters. The summed E-state index contributed by atoms with van der Waals surface area (Å²) in [6.45, 7) is 3.46. The summed E-state index contributed by atoms with van der Waals surface area (Å²) in [6.07, 6.45) is 26.0. The van der Waals surface area contributed by atoms with Gasteiger partial charge in [0.2, 0.25) is 0 Å². The van der Waals surface area contributed by atoms with Crippen LogP contribution in [0.4, 0.5) is 0 Å². The number of esters is 1. The summed E-state index contributed by atoms with van der Waals surface area (Å²) in [4.78, 5) is 22.3. The smallest absolute Gasteiger partial charge is 0.457 e. The second-order valence-corrected chi connectivity index (χ2v) is 13.0. The van der Waals surface area contributed by atoms with Gasteiger partial charge in [-0.15, -0.1) is 0 Å². The molecule has 0 aromatic carbocycles. The number of ether oxygens (including phenoxy) is 2. The summed E-state index contributed by atoms with van der Waals surface area (Å²) in [7, 11) is -4.50. The maximum Gasteiger partial charge on any atom is 0.472 e. The highest BCUT2D eigenvalue weighted by Gasteiger charge is 2.26. The Bertz CT molecular complexity index is 689. The number of hydrogen-bond acceptors (Lipinski definition) is 8. The summed E-state index contributed by atoms with van der Waals surface area (Å²) in [5.74, 6) is -0.393. The van der Waals surface area contributed by atoms with Gasteiger partial charge in [-0.3, -0.25) is 13.8 Å². The van der Waals surface area contributed by atoms with Crippen LogP contribution in [0.1, 0.15) is 149 Å². The van der Waals surface area contributed by atoms with E-state index in [1.165, 1.54) is 77.0 Å². The van der Waals surface area contributed by atoms with Crippen LogP contribution in [0.25, 0.3) is 0 Å². The topological polar surface area (TPSA) is 132 Å². The van der Waals surface area contributed by atoms with Crippen LogP contribution in [0.3, 0.4) is 0 Å². The Morgan fingerprint density at radius 3 is 1.79 bits per heavy atom. The molecule has 0 aromatic heterocycles. The molecule has 0 bridgehead atoms. The van der Waals surface area contributed by atoms with E-state index in [0.29, 0.717) is 6.61 Å². The molecule has 43 heavy (non-hydrogen) atoms. The van der Waals surface area contributed by atoms with Crippen LogP contribution in [-0.4, -0.2) is 66.3 Å². The Labute approximate surface area is 262 Å². The van der Waals surface area contributed by atoms with E-state index < -0.39 is 39.2 Å². The van der Waals surface area contributed by atoms with E-state index in [9.17, 15) is 19.4 Å². The molecule has 0 saturated carbocycles. The Hall–Kier alpha value is -0.800. The zero-order valence-electron chi connectivity index (χ0n) is 27.4. The van der Waals surface area contributed by atoms with Crippen LogP contribution in [-0.2, 0) is 27.9 Å². The minimum atomic E-state index is -4.50. The quantitative estimate of drug-likeness (QED) is 0.0282. The Morgan fingerprint density at radius 1 is 0.698 bits per heavy atom. The number of allylic oxidation sites excluding steroid dienone is 2. The Kier molecular flexibility index (Phi) is 30.6. The summed E-state index contributed by atoms with van der Waals surface area (Å²) < 4.78 is 33.1. The second-order valence-electron chi connectivity index (χ2n) is 11.5. The Morgan fingerprint density at radius 2 is 1.19 bits per heavy atom. The van der Waals surface area contributed by atoms with Crippen molar-refractivity contribution in [1.82, 2.24) is 0 Å². The van der Waals surface area contributed by atoms with Gasteiger partial charge in [0.15, 0.2) is 0 Å². The van der Waals surface area contributed by atoms with Gasteiger partial charge in [0.25, 0.3) is 0 Å². The van der Waals surface area contributed by atoms with Crippen LogP contribution in [0, 0.1) is 0 Å². The number of aliphatic hydroxyl groups excluding tert-OH is 2. The first-order valence-corrected chi connectivity index (χ1v) is 18.7. The van der Waals surface area contributed by atoms with Gasteiger partial charge in [0.1, 0.15) is 12.2 Å². The van der Waals surface area contributed by atoms with Crippen molar-refractivity contribution in [3.8, 4) is 0 Å². The maximum absolute atomic E-state index is 12.5. The summed E-state index contributed by atoms with van der Waals surface area (Å²) >= 11 is 0. The van der Waals surface area contributed by atoms with Crippen molar-refractivity contribution in [3.05, 3.63) is 12.2 Å². The summed E-state index contributed by atoms with van der Waals surface area (Å²) in [5.41, 5.74) is 0. The molecule has 9 nitrogen and oxygen atoms in total. The van der Waals surface area contributed by atoms with Gasteiger partial charge in [-0.25, -0.2) is 4.57 Å². The fraction of sp³-hybridized carbons (Fsp3) is 0.909. The van der Waals surface area contributed by atoms with Crippen LogP contribution >= 0.6 is 7.82 Å². The monoisotopic (exact) mass is 636 g/mol. The molecule has 0 radical (unpaired) electrons. The van der Waals surface area contributed by atoms with Crippen molar-refractivity contribution in [2.24, 2.45) is 0 Å². The van der Waals surface area contributed by atoms with Crippen molar-refractivity contribution in [2.75, 3.05) is 33.0 Å². The number of phosphoric ester groups is 1. The highest BCUT2D eigenvalue weighted by atomic mass is 31.2. The molecule has 0 saturated heterocycles. The maximum atomic E-state index is 12.5. The summed E-state index contributed by atoms with van der Waals surface area (Å²) in [6, 6.07) is 0. The molecule has 256 valence electrons. The molecule has 0 aromatic rings. The number of carbonyl (C=O) groups excluding carboxylic acids is 1. The van der Waals surface area contributed by atoms with Gasteiger partial charge in [-0.2, -0.15) is 0 Å². The Balaban J connectivity index is 4.29. The first kappa shape index (κ1) is 42.2. The van der Waals surface area contributed by atoms with Crippen molar-refractivity contribution < 1.29 is 43.0 Å². The lowest BCUT2D eigenvalue weighted by molar-refractivity contribution is -0.154. The molecule has 0 spiro atoms. The lowest BCUT2D eigenvalue weighted by Gasteiger charge is -2.20. The average molecular weight is 637 g/mol. The lowest BCUT2D eigenvalue weighted by Crippen LogP contribution is -2.29. The van der Waals surface area contributed by atoms with E-state index in [2.05, 4.69) is 26.0 Å². The molecule has 0 amide bonds. The second kappa shape index (κ2) is 31.2. The van der Waals surface area contributed by atoms with Crippen LogP contribution < -0.4 is 0 Å². The molecular formula is C33H65O9P. The zero-order chi connectivity index (χ0) is 31.9. The molecular weight excluding hydrogens is 571 g/mol. The van der Waals surface area contributed by atoms with Gasteiger partial charge in [0, 0.05) is 13.0 Å². The minimum Gasteiger partial charge on any atom is -0.457 e. The number of aliphatic hydroxyl groups is 2. The van der Waals surface area contributed by atoms with E-state index in [-0.39, 0.29) is 19.6 Å². The lowest BCUT2D eigenvalue weighted by atomic mass is 10.1. The fourth-order valence-electron chi connectivity index (χ4n) is 4.52. The molecule has 3 N–H and O–H groups in total. The predicted molar refractivity (Wildman–Crippen MR) is 173 cm³/mol. The third-order valence-electron chi connectivity index (χ3n) is 7.20. The van der Waals surface area contributed by atoms with E-state index in [1.807, 2.05) is 0 Å². The number of unbranched alkanes of at least 4 members (excludes halogenated alkanes) is 17. The number of hydrogen-bond donors (Lipinski definition) is 3. The van der Waals surface area contributed by atoms with E-state index in [0.717, 1.165) is 51.4 Å². The molecule has 0 fully saturated rings. The minimum absolute atomic E-state index is 0.0500. The predicted octanol–water partition coefficient (Wildman–Crippen LogP) is 8.19. The molecule has 0 rings (SSSR count). The molecule has 0 heterocycles. The SMILES string of the molecule is CCCCC/C=C\CCCCCCCC(=O)OC(COCCCCCCCCCCCC)COP(=O)(O)OCC(O)CO. The first-order chi connectivity index (χ1) is 20.8. The highest BCUT2D eigenvalue weighted by Crippen LogP contribution is 2.43. The zero-order valence-corrected chi connectivity index (χ0v) is 28.3. The van der Waals surface area contributed by atoms with Crippen LogP contribution in [0.15, 0.2) is 12.2 Å². The van der Waals surface area contributed by atoms with E-state index in [1.54, 1.807) is 0 Å². The number of rotatable bonds is 33. The van der Waals surface area contributed by atoms with Gasteiger partial charge < -0.3 is 24.6 Å². The molecule has 0 aliphatic heterocycles. The third kappa shape index (κ3) is 31.0. The van der Waals surface area contributed by atoms with Crippen molar-refractivity contribution in [1.29, 1.82) is 0 Å². The van der Waals surface area contributed by atoms with Crippen molar-refractivity contribution in [3.63, 3.8) is 0 Å². The van der Waals surface area contributed by atoms with Gasteiger partial charge in [0.05, 0.1) is 26.4 Å². The largest absolute Gasteiger partial charge is 0.472 e. The first-order valence-electron chi connectivity index (χ1n) is 17.2. The molecule has 3 atom stereocenters. The van der Waals surface area contributed by atoms with E-state index >= 15 is 0 Å². The standard InChI is InChI=1S/C33H65O9P/c1-3-5-7-9-11-13-15-16-17-19-21-23-25-33(36)42-32(30-41-43(37,38)40-28-31(35)27-34)29-39-26-24-22-20-18-14-12-10-8-6-4-2/h11,13,31-32,34-35H,3-10,12,14-30H2,1-2H3,(H,37,38)/b13-11-. The molecule has 0 aliphatic rings. The molecule has 0 aliphatic carbocycles. The van der Waals surface area contributed by atoms with Crippen LogP contribution in [0.2, 0.25) is 0 Å². The highest BCUT2D eigenvalue weighted by molar-refractivity contribution is 7.47. The normalized spacial score (nSPS) is 14.6. The van der Waals surface area contributed by atoms with Crippen LogP contribution in [0.5, 0.6) is 0 Å². The van der Waals surface area contributed by atoms with Crippen molar-refractivity contribution >= 4 is 13.8 Å². The van der Waals surface area contributed by atoms with Gasteiger partial charge in [-0.1, -0.05) is 116 Å². The number of phosphoric acid groups is 1. The number of carbonyl (C=O) groups is 1. The average Bonchev–Trinajstić information content (AvgIpc) is 2.99. The fourth-order valence-corrected chi connectivity index (χ4v) is 5.31. The van der Waals surface area contributed by atoms with Crippen molar-refractivity contribution in [2.45, 2.75) is 161 Å².